The predicted molar refractivity (Wildman–Crippen MR) is 97.7 cm³/mol. The second kappa shape index (κ2) is 8.32. The van der Waals surface area contributed by atoms with Crippen LogP contribution in [0.4, 0.5) is 0 Å². The van der Waals surface area contributed by atoms with Gasteiger partial charge in [0, 0.05) is 27.6 Å². The zero-order valence-electron chi connectivity index (χ0n) is 11.6. The fraction of sp³-hybridized carbons (Fsp3) is 0.250. The van der Waals surface area contributed by atoms with Gasteiger partial charge in [-0.15, -0.1) is 0 Å². The second-order valence-electron chi connectivity index (χ2n) is 4.54. The molecule has 0 saturated carbocycles. The minimum atomic E-state index is 0.652. The van der Waals surface area contributed by atoms with E-state index >= 15 is 0 Å². The lowest BCUT2D eigenvalue weighted by atomic mass is 10.2. The Labute approximate surface area is 150 Å². The van der Waals surface area contributed by atoms with Crippen molar-refractivity contribution in [1.29, 1.82) is 0 Å². The molecule has 0 bridgehead atoms. The minimum Gasteiger partial charge on any atom is -0.492 e. The number of halogens is 3. The lowest BCUT2D eigenvalue weighted by Gasteiger charge is -2.14. The highest BCUT2D eigenvalue weighted by Crippen LogP contribution is 2.33. The van der Waals surface area contributed by atoms with Crippen LogP contribution in [0.2, 0.25) is 0 Å². The summed E-state index contributed by atoms with van der Waals surface area (Å²) in [7, 11) is 0. The van der Waals surface area contributed by atoms with Crippen molar-refractivity contribution < 1.29 is 4.74 Å². The lowest BCUT2D eigenvalue weighted by Crippen LogP contribution is -2.14. The molecule has 2 aromatic carbocycles. The predicted octanol–water partition coefficient (Wildman–Crippen LogP) is 5.66. The normalized spacial score (nSPS) is 10.7. The summed E-state index contributed by atoms with van der Waals surface area (Å²) in [6, 6.07) is 12.4. The SMILES string of the molecule is CCOc1c(Br)cc(Br)cc1CNCc1cccc(Br)c1. The Morgan fingerprint density at radius 3 is 2.52 bits per heavy atom. The smallest absolute Gasteiger partial charge is 0.138 e. The van der Waals surface area contributed by atoms with E-state index in [1.807, 2.05) is 25.1 Å². The number of hydrogen-bond donors (Lipinski definition) is 1. The highest BCUT2D eigenvalue weighted by molar-refractivity contribution is 9.11. The van der Waals surface area contributed by atoms with Crippen molar-refractivity contribution >= 4 is 47.8 Å². The van der Waals surface area contributed by atoms with Gasteiger partial charge in [0.2, 0.25) is 0 Å². The van der Waals surface area contributed by atoms with E-state index in [0.717, 1.165) is 37.8 Å². The van der Waals surface area contributed by atoms with Gasteiger partial charge in [-0.1, -0.05) is 44.0 Å². The number of ether oxygens (including phenoxy) is 1. The fourth-order valence-corrected chi connectivity index (χ4v) is 3.91. The Hall–Kier alpha value is -0.360. The highest BCUT2D eigenvalue weighted by Gasteiger charge is 2.09. The molecule has 5 heteroatoms. The molecule has 1 N–H and O–H groups in total. The highest BCUT2D eigenvalue weighted by atomic mass is 79.9. The first-order chi connectivity index (χ1) is 10.1. The van der Waals surface area contributed by atoms with Crippen LogP contribution in [0.3, 0.4) is 0 Å². The lowest BCUT2D eigenvalue weighted by molar-refractivity contribution is 0.333. The van der Waals surface area contributed by atoms with Gasteiger partial charge in [0.05, 0.1) is 11.1 Å². The Bertz CT molecular complexity index is 616. The van der Waals surface area contributed by atoms with Gasteiger partial charge in [0.25, 0.3) is 0 Å². The molecule has 0 amide bonds. The molecular weight excluding hydrogens is 462 g/mol. The van der Waals surface area contributed by atoms with E-state index in [0.29, 0.717) is 6.61 Å². The molecule has 0 unspecified atom stereocenters. The van der Waals surface area contributed by atoms with Crippen LogP contribution in [0.25, 0.3) is 0 Å². The number of nitrogens with one attached hydrogen (secondary N) is 1. The number of hydrogen-bond acceptors (Lipinski definition) is 2. The third kappa shape index (κ3) is 5.09. The maximum Gasteiger partial charge on any atom is 0.138 e. The Balaban J connectivity index is 2.05. The van der Waals surface area contributed by atoms with Crippen LogP contribution >= 0.6 is 47.8 Å². The molecule has 0 aliphatic carbocycles. The first-order valence-electron chi connectivity index (χ1n) is 6.66. The molecule has 112 valence electrons. The maximum absolute atomic E-state index is 5.73. The summed E-state index contributed by atoms with van der Waals surface area (Å²) in [6.07, 6.45) is 0. The number of rotatable bonds is 6. The van der Waals surface area contributed by atoms with E-state index in [4.69, 9.17) is 4.74 Å². The van der Waals surface area contributed by atoms with Gasteiger partial charge >= 0.3 is 0 Å². The van der Waals surface area contributed by atoms with Crippen LogP contribution in [0.5, 0.6) is 5.75 Å². The minimum absolute atomic E-state index is 0.652. The molecule has 0 aliphatic heterocycles. The Kier molecular flexibility index (Phi) is 6.74. The fourth-order valence-electron chi connectivity index (χ4n) is 2.04. The van der Waals surface area contributed by atoms with E-state index in [9.17, 15) is 0 Å². The van der Waals surface area contributed by atoms with Gasteiger partial charge in [-0.2, -0.15) is 0 Å². The van der Waals surface area contributed by atoms with E-state index in [-0.39, 0.29) is 0 Å². The van der Waals surface area contributed by atoms with Crippen LogP contribution in [-0.4, -0.2) is 6.61 Å². The van der Waals surface area contributed by atoms with Gasteiger partial charge in [-0.25, -0.2) is 0 Å². The van der Waals surface area contributed by atoms with Crippen molar-refractivity contribution in [2.24, 2.45) is 0 Å². The molecule has 2 nitrogen and oxygen atoms in total. The van der Waals surface area contributed by atoms with Crippen LogP contribution in [0, 0.1) is 0 Å². The van der Waals surface area contributed by atoms with Gasteiger partial charge in [0.1, 0.15) is 5.75 Å². The average Bonchev–Trinajstić information content (AvgIpc) is 2.42. The molecule has 0 spiro atoms. The average molecular weight is 478 g/mol. The topological polar surface area (TPSA) is 21.3 Å². The van der Waals surface area contributed by atoms with E-state index in [1.54, 1.807) is 0 Å². The molecule has 21 heavy (non-hydrogen) atoms. The molecule has 0 heterocycles. The van der Waals surface area contributed by atoms with Crippen molar-refractivity contribution in [2.45, 2.75) is 20.0 Å². The molecule has 0 saturated heterocycles. The second-order valence-corrected chi connectivity index (χ2v) is 7.23. The summed E-state index contributed by atoms with van der Waals surface area (Å²) in [4.78, 5) is 0. The molecule has 2 rings (SSSR count). The van der Waals surface area contributed by atoms with E-state index in [1.165, 1.54) is 5.56 Å². The summed E-state index contributed by atoms with van der Waals surface area (Å²) in [5.74, 6) is 0.905. The zero-order chi connectivity index (χ0) is 15.2. The molecule has 0 fully saturated rings. The summed E-state index contributed by atoms with van der Waals surface area (Å²) in [6.45, 7) is 4.21. The van der Waals surface area contributed by atoms with Gasteiger partial charge in [-0.05, 0) is 52.7 Å². The third-order valence-electron chi connectivity index (χ3n) is 2.91. The summed E-state index contributed by atoms with van der Waals surface area (Å²) in [5, 5.41) is 3.46. The molecule has 0 aliphatic rings. The van der Waals surface area contributed by atoms with Crippen molar-refractivity contribution in [3.05, 3.63) is 60.9 Å². The molecule has 2 aromatic rings. The van der Waals surface area contributed by atoms with Crippen molar-refractivity contribution in [3.63, 3.8) is 0 Å². The van der Waals surface area contributed by atoms with Gasteiger partial charge in [-0.3, -0.25) is 0 Å². The third-order valence-corrected chi connectivity index (χ3v) is 4.45. The summed E-state index contributed by atoms with van der Waals surface area (Å²) < 4.78 is 8.84. The standard InChI is InChI=1S/C16H16Br3NO/c1-2-21-16-12(7-14(18)8-15(16)19)10-20-9-11-4-3-5-13(17)6-11/h3-8,20H,2,9-10H2,1H3. The summed E-state index contributed by atoms with van der Waals surface area (Å²) in [5.41, 5.74) is 2.38. The van der Waals surface area contributed by atoms with Crippen LogP contribution in [0.1, 0.15) is 18.1 Å². The summed E-state index contributed by atoms with van der Waals surface area (Å²) >= 11 is 10.6. The zero-order valence-corrected chi connectivity index (χ0v) is 16.4. The van der Waals surface area contributed by atoms with Gasteiger partial charge < -0.3 is 10.1 Å². The van der Waals surface area contributed by atoms with Crippen molar-refractivity contribution in [2.75, 3.05) is 6.61 Å². The van der Waals surface area contributed by atoms with E-state index < -0.39 is 0 Å². The van der Waals surface area contributed by atoms with E-state index in [2.05, 4.69) is 71.3 Å². The Morgan fingerprint density at radius 2 is 1.81 bits per heavy atom. The molecular formula is C16H16Br3NO. The molecule has 0 aromatic heterocycles. The maximum atomic E-state index is 5.73. The van der Waals surface area contributed by atoms with Crippen molar-refractivity contribution in [1.82, 2.24) is 5.32 Å². The van der Waals surface area contributed by atoms with Crippen LogP contribution in [-0.2, 0) is 13.1 Å². The van der Waals surface area contributed by atoms with Crippen LogP contribution < -0.4 is 10.1 Å². The van der Waals surface area contributed by atoms with Crippen molar-refractivity contribution in [3.8, 4) is 5.75 Å². The monoisotopic (exact) mass is 475 g/mol. The first-order valence-corrected chi connectivity index (χ1v) is 9.04. The first kappa shape index (κ1) is 17.0. The molecule has 0 atom stereocenters. The quantitative estimate of drug-likeness (QED) is 0.579. The molecule has 0 radical (unpaired) electrons. The Morgan fingerprint density at radius 1 is 1.00 bits per heavy atom. The number of benzene rings is 2. The largest absolute Gasteiger partial charge is 0.492 e. The van der Waals surface area contributed by atoms with Crippen LogP contribution in [0.15, 0.2) is 49.8 Å². The van der Waals surface area contributed by atoms with Gasteiger partial charge in [0.15, 0.2) is 0 Å².